The van der Waals surface area contributed by atoms with Gasteiger partial charge in [0.2, 0.25) is 5.56 Å². The summed E-state index contributed by atoms with van der Waals surface area (Å²) < 4.78 is 1.99. The molecule has 144 valence electrons. The molecule has 6 nitrogen and oxygen atoms in total. The fourth-order valence-corrected chi connectivity index (χ4v) is 4.09. The van der Waals surface area contributed by atoms with Gasteiger partial charge < -0.3 is 10.3 Å². The van der Waals surface area contributed by atoms with Crippen molar-refractivity contribution in [2.75, 3.05) is 0 Å². The van der Waals surface area contributed by atoms with Crippen LogP contribution in [-0.4, -0.2) is 20.7 Å². The Balaban J connectivity index is 1.44. The Morgan fingerprint density at radius 3 is 2.72 bits per heavy atom. The van der Waals surface area contributed by atoms with Crippen LogP contribution in [0.5, 0.6) is 0 Å². The number of hydrogen-bond donors (Lipinski definition) is 2. The first-order valence-electron chi connectivity index (χ1n) is 9.76. The van der Waals surface area contributed by atoms with Crippen LogP contribution in [0.1, 0.15) is 33.7 Å². The molecule has 4 aromatic rings. The fourth-order valence-electron chi connectivity index (χ4n) is 4.09. The second kappa shape index (κ2) is 7.05. The number of H-pyrrole nitrogens is 1. The molecule has 1 amide bonds. The average molecular weight is 384 g/mol. The molecule has 2 aromatic heterocycles. The lowest BCUT2D eigenvalue weighted by Gasteiger charge is -2.08. The van der Waals surface area contributed by atoms with Crippen LogP contribution in [-0.2, 0) is 19.4 Å². The molecule has 2 heterocycles. The zero-order chi connectivity index (χ0) is 19.8. The van der Waals surface area contributed by atoms with E-state index >= 15 is 0 Å². The number of nitrogens with zero attached hydrogens (tertiary/aromatic N) is 2. The van der Waals surface area contributed by atoms with Crippen LogP contribution >= 0.6 is 0 Å². The monoisotopic (exact) mass is 384 g/mol. The summed E-state index contributed by atoms with van der Waals surface area (Å²) in [5.41, 5.74) is 5.12. The molecule has 6 heteroatoms. The molecule has 0 bridgehead atoms. The largest absolute Gasteiger partial charge is 0.346 e. The average Bonchev–Trinajstić information content (AvgIpc) is 3.35. The molecule has 0 radical (unpaired) electrons. The molecule has 0 aliphatic heterocycles. The molecule has 0 unspecified atom stereocenters. The molecule has 29 heavy (non-hydrogen) atoms. The Hall–Kier alpha value is -3.67. The standard InChI is InChI=1S/C23H20N4O2/c28-22-13-18(16-9-4-5-11-19(16)25-22)23(29)24-14-20-17-10-6-12-21(17)27(26-20)15-7-2-1-3-8-15/h1-5,7-9,11,13H,6,10,12,14H2,(H,24,29)(H,25,28). The third-order valence-corrected chi connectivity index (χ3v) is 5.43. The lowest BCUT2D eigenvalue weighted by Crippen LogP contribution is -2.25. The number of hydrogen-bond acceptors (Lipinski definition) is 3. The molecule has 1 aliphatic carbocycles. The van der Waals surface area contributed by atoms with E-state index in [2.05, 4.69) is 10.3 Å². The molecule has 2 aromatic carbocycles. The summed E-state index contributed by atoms with van der Waals surface area (Å²) in [6.07, 6.45) is 3.06. The Morgan fingerprint density at radius 1 is 1.07 bits per heavy atom. The molecule has 5 rings (SSSR count). The Kier molecular flexibility index (Phi) is 4.24. The summed E-state index contributed by atoms with van der Waals surface area (Å²) in [6.45, 7) is 0.335. The molecule has 0 saturated carbocycles. The molecule has 0 spiro atoms. The number of nitrogens with one attached hydrogen (secondary N) is 2. The maximum absolute atomic E-state index is 12.9. The highest BCUT2D eigenvalue weighted by Crippen LogP contribution is 2.27. The Morgan fingerprint density at radius 2 is 1.86 bits per heavy atom. The van der Waals surface area contributed by atoms with E-state index in [0.29, 0.717) is 17.6 Å². The summed E-state index contributed by atoms with van der Waals surface area (Å²) in [7, 11) is 0. The van der Waals surface area contributed by atoms with Crippen molar-refractivity contribution in [2.45, 2.75) is 25.8 Å². The van der Waals surface area contributed by atoms with Gasteiger partial charge in [0.25, 0.3) is 5.91 Å². The molecular weight excluding hydrogens is 364 g/mol. The Labute approximate surface area is 167 Å². The molecule has 2 N–H and O–H groups in total. The maximum atomic E-state index is 12.9. The number of benzene rings is 2. The number of amides is 1. The molecule has 1 aliphatic rings. The highest BCUT2D eigenvalue weighted by molar-refractivity contribution is 6.05. The molecule has 0 saturated heterocycles. The highest BCUT2D eigenvalue weighted by Gasteiger charge is 2.23. The number of aromatic amines is 1. The van der Waals surface area contributed by atoms with E-state index < -0.39 is 0 Å². The minimum absolute atomic E-state index is 0.270. The van der Waals surface area contributed by atoms with Crippen molar-refractivity contribution >= 4 is 16.8 Å². The van der Waals surface area contributed by atoms with Gasteiger partial charge in [-0.1, -0.05) is 36.4 Å². The van der Waals surface area contributed by atoms with Crippen LogP contribution in [0.3, 0.4) is 0 Å². The van der Waals surface area contributed by atoms with Gasteiger partial charge >= 0.3 is 0 Å². The van der Waals surface area contributed by atoms with E-state index in [1.54, 1.807) is 6.07 Å². The zero-order valence-electron chi connectivity index (χ0n) is 15.8. The van der Waals surface area contributed by atoms with Gasteiger partial charge in [0.15, 0.2) is 0 Å². The molecular formula is C23H20N4O2. The van der Waals surface area contributed by atoms with E-state index in [-0.39, 0.29) is 11.5 Å². The number of pyridine rings is 1. The van der Waals surface area contributed by atoms with Gasteiger partial charge in [-0.2, -0.15) is 5.10 Å². The van der Waals surface area contributed by atoms with Gasteiger partial charge in [-0.05, 0) is 43.0 Å². The van der Waals surface area contributed by atoms with Crippen LogP contribution in [0.15, 0.2) is 65.5 Å². The fraction of sp³-hybridized carbons (Fsp3) is 0.174. The minimum atomic E-state index is -0.289. The lowest BCUT2D eigenvalue weighted by molar-refractivity contribution is 0.0952. The van der Waals surface area contributed by atoms with Gasteiger partial charge in [-0.3, -0.25) is 9.59 Å². The third-order valence-electron chi connectivity index (χ3n) is 5.43. The van der Waals surface area contributed by atoms with E-state index in [1.165, 1.54) is 17.3 Å². The van der Waals surface area contributed by atoms with Crippen LogP contribution in [0.25, 0.3) is 16.6 Å². The minimum Gasteiger partial charge on any atom is -0.346 e. The predicted octanol–water partition coefficient (Wildman–Crippen LogP) is 3.13. The molecule has 0 atom stereocenters. The number of para-hydroxylation sites is 2. The first kappa shape index (κ1) is 17.4. The summed E-state index contributed by atoms with van der Waals surface area (Å²) >= 11 is 0. The first-order valence-corrected chi connectivity index (χ1v) is 9.76. The van der Waals surface area contributed by atoms with E-state index in [9.17, 15) is 9.59 Å². The maximum Gasteiger partial charge on any atom is 0.252 e. The van der Waals surface area contributed by atoms with Gasteiger partial charge in [0.05, 0.1) is 23.5 Å². The van der Waals surface area contributed by atoms with Gasteiger partial charge in [0, 0.05) is 22.7 Å². The summed E-state index contributed by atoms with van der Waals surface area (Å²) in [5, 5.41) is 8.47. The van der Waals surface area contributed by atoms with Gasteiger partial charge in [-0.25, -0.2) is 4.68 Å². The SMILES string of the molecule is O=C(NCc1nn(-c2ccccc2)c2c1CCC2)c1cc(=O)[nH]c2ccccc12. The topological polar surface area (TPSA) is 79.8 Å². The normalized spacial score (nSPS) is 12.8. The van der Waals surface area contributed by atoms with Crippen molar-refractivity contribution in [1.82, 2.24) is 20.1 Å². The van der Waals surface area contributed by atoms with Crippen LogP contribution in [0, 0.1) is 0 Å². The Bertz CT molecular complexity index is 1270. The number of carbonyl (C=O) groups excluding carboxylic acids is 1. The van der Waals surface area contributed by atoms with E-state index in [4.69, 9.17) is 5.10 Å². The van der Waals surface area contributed by atoms with Gasteiger partial charge in [0.1, 0.15) is 0 Å². The number of carbonyl (C=O) groups is 1. The second-order valence-electron chi connectivity index (χ2n) is 7.25. The van der Waals surface area contributed by atoms with Crippen LogP contribution in [0.4, 0.5) is 0 Å². The number of fused-ring (bicyclic) bond motifs is 2. The number of aromatic nitrogens is 3. The quantitative estimate of drug-likeness (QED) is 0.567. The summed E-state index contributed by atoms with van der Waals surface area (Å²) in [6, 6.07) is 18.7. The van der Waals surface area contributed by atoms with Crippen molar-refractivity contribution in [3.05, 3.63) is 93.5 Å². The van der Waals surface area contributed by atoms with Crippen LogP contribution in [0.2, 0.25) is 0 Å². The number of rotatable bonds is 4. The van der Waals surface area contributed by atoms with Gasteiger partial charge in [-0.15, -0.1) is 0 Å². The van der Waals surface area contributed by atoms with Crippen molar-refractivity contribution in [1.29, 1.82) is 0 Å². The highest BCUT2D eigenvalue weighted by atomic mass is 16.2. The summed E-state index contributed by atoms with van der Waals surface area (Å²) in [4.78, 5) is 27.6. The lowest BCUT2D eigenvalue weighted by atomic mass is 10.1. The van der Waals surface area contributed by atoms with Crippen molar-refractivity contribution < 1.29 is 4.79 Å². The van der Waals surface area contributed by atoms with Crippen LogP contribution < -0.4 is 10.9 Å². The van der Waals surface area contributed by atoms with Crippen molar-refractivity contribution in [2.24, 2.45) is 0 Å². The van der Waals surface area contributed by atoms with Crippen molar-refractivity contribution in [3.63, 3.8) is 0 Å². The first-order chi connectivity index (χ1) is 14.2. The van der Waals surface area contributed by atoms with E-state index in [0.717, 1.165) is 36.0 Å². The summed E-state index contributed by atoms with van der Waals surface area (Å²) in [5.74, 6) is -0.270. The van der Waals surface area contributed by atoms with Crippen molar-refractivity contribution in [3.8, 4) is 5.69 Å². The predicted molar refractivity (Wildman–Crippen MR) is 111 cm³/mol. The molecule has 0 fully saturated rings. The zero-order valence-corrected chi connectivity index (χ0v) is 15.8. The third kappa shape index (κ3) is 3.12. The van der Waals surface area contributed by atoms with E-state index in [1.807, 2.05) is 53.2 Å². The second-order valence-corrected chi connectivity index (χ2v) is 7.25. The smallest absolute Gasteiger partial charge is 0.252 e.